The first-order valence-corrected chi connectivity index (χ1v) is 7.18. The molecular weight excluding hydrogens is 308 g/mol. The Morgan fingerprint density at radius 2 is 1.95 bits per heavy atom. The monoisotopic (exact) mass is 328 g/mol. The van der Waals surface area contributed by atoms with Crippen molar-refractivity contribution in [2.45, 2.75) is 33.6 Å². The molecule has 0 heterocycles. The van der Waals surface area contributed by atoms with Crippen LogP contribution in [0.1, 0.15) is 25.0 Å². The van der Waals surface area contributed by atoms with Crippen molar-refractivity contribution in [2.24, 2.45) is 0 Å². The van der Waals surface area contributed by atoms with Crippen LogP contribution in [0.3, 0.4) is 0 Å². The molecule has 0 atom stereocenters. The quantitative estimate of drug-likeness (QED) is 0.459. The van der Waals surface area contributed by atoms with Gasteiger partial charge in [0.2, 0.25) is 6.29 Å². The van der Waals surface area contributed by atoms with Gasteiger partial charge in [-0.1, -0.05) is 22.0 Å². The van der Waals surface area contributed by atoms with Crippen molar-refractivity contribution in [1.82, 2.24) is 5.32 Å². The van der Waals surface area contributed by atoms with Crippen LogP contribution in [0.2, 0.25) is 0 Å². The second-order valence-corrected chi connectivity index (χ2v) is 5.00. The molecule has 1 aromatic rings. The molecule has 0 aromatic heterocycles. The highest BCUT2D eigenvalue weighted by Crippen LogP contribution is 2.15. The maximum absolute atomic E-state index is 7.95. The molecule has 2 N–H and O–H groups in total. The SMILES string of the molecule is CCOC(OCC)C(=N)NCc1cc(Br)ccc1C. The van der Waals surface area contributed by atoms with E-state index in [4.69, 9.17) is 14.9 Å². The fourth-order valence-corrected chi connectivity index (χ4v) is 2.03. The van der Waals surface area contributed by atoms with E-state index in [0.29, 0.717) is 19.8 Å². The van der Waals surface area contributed by atoms with Gasteiger partial charge in [0.25, 0.3) is 0 Å². The minimum atomic E-state index is -0.609. The lowest BCUT2D eigenvalue weighted by atomic mass is 10.1. The van der Waals surface area contributed by atoms with E-state index >= 15 is 0 Å². The fourth-order valence-electron chi connectivity index (χ4n) is 1.62. The molecule has 0 fully saturated rings. The van der Waals surface area contributed by atoms with Gasteiger partial charge in [0.1, 0.15) is 0 Å². The molecule has 0 radical (unpaired) electrons. The van der Waals surface area contributed by atoms with Crippen LogP contribution in [-0.4, -0.2) is 25.3 Å². The molecule has 0 aliphatic heterocycles. The van der Waals surface area contributed by atoms with Gasteiger partial charge in [0.15, 0.2) is 5.84 Å². The Balaban J connectivity index is 2.59. The molecule has 19 heavy (non-hydrogen) atoms. The molecule has 0 bridgehead atoms. The van der Waals surface area contributed by atoms with Crippen LogP contribution in [0.15, 0.2) is 22.7 Å². The zero-order valence-electron chi connectivity index (χ0n) is 11.6. The number of rotatable bonds is 7. The molecular formula is C14H21BrN2O2. The zero-order valence-corrected chi connectivity index (χ0v) is 13.2. The molecule has 0 aliphatic rings. The Morgan fingerprint density at radius 1 is 1.32 bits per heavy atom. The third-order valence-electron chi connectivity index (χ3n) is 2.65. The van der Waals surface area contributed by atoms with Crippen molar-refractivity contribution < 1.29 is 9.47 Å². The smallest absolute Gasteiger partial charge is 0.216 e. The van der Waals surface area contributed by atoms with E-state index in [1.54, 1.807) is 0 Å². The van der Waals surface area contributed by atoms with Crippen LogP contribution in [0.25, 0.3) is 0 Å². The molecule has 4 nitrogen and oxygen atoms in total. The highest BCUT2D eigenvalue weighted by atomic mass is 79.9. The molecule has 0 amide bonds. The first kappa shape index (κ1) is 16.1. The lowest BCUT2D eigenvalue weighted by Gasteiger charge is -2.19. The number of hydrogen-bond donors (Lipinski definition) is 2. The Bertz CT molecular complexity index is 418. The summed E-state index contributed by atoms with van der Waals surface area (Å²) in [5.41, 5.74) is 2.33. The number of amidine groups is 1. The van der Waals surface area contributed by atoms with Crippen molar-refractivity contribution in [3.63, 3.8) is 0 Å². The average Bonchev–Trinajstić information content (AvgIpc) is 2.39. The van der Waals surface area contributed by atoms with Gasteiger partial charge in [0, 0.05) is 24.2 Å². The number of aryl methyl sites for hydroxylation is 1. The second kappa shape index (κ2) is 8.30. The van der Waals surface area contributed by atoms with Crippen molar-refractivity contribution in [2.75, 3.05) is 13.2 Å². The third kappa shape index (κ3) is 5.30. The summed E-state index contributed by atoms with van der Waals surface area (Å²) in [6.07, 6.45) is -0.609. The van der Waals surface area contributed by atoms with Crippen LogP contribution >= 0.6 is 15.9 Å². The summed E-state index contributed by atoms with van der Waals surface area (Å²) >= 11 is 3.45. The molecule has 1 aromatic carbocycles. The van der Waals surface area contributed by atoms with Crippen LogP contribution < -0.4 is 5.32 Å². The van der Waals surface area contributed by atoms with Crippen molar-refractivity contribution in [3.05, 3.63) is 33.8 Å². The van der Waals surface area contributed by atoms with E-state index in [2.05, 4.69) is 28.2 Å². The highest BCUT2D eigenvalue weighted by molar-refractivity contribution is 9.10. The number of hydrogen-bond acceptors (Lipinski definition) is 3. The second-order valence-electron chi connectivity index (χ2n) is 4.08. The molecule has 0 saturated heterocycles. The van der Waals surface area contributed by atoms with Crippen LogP contribution in [-0.2, 0) is 16.0 Å². The predicted octanol–water partition coefficient (Wildman–Crippen LogP) is 3.22. The maximum atomic E-state index is 7.95. The summed E-state index contributed by atoms with van der Waals surface area (Å²) < 4.78 is 11.8. The average molecular weight is 329 g/mol. The summed E-state index contributed by atoms with van der Waals surface area (Å²) in [5, 5.41) is 11.0. The van der Waals surface area contributed by atoms with Gasteiger partial charge in [-0.3, -0.25) is 5.41 Å². The maximum Gasteiger partial charge on any atom is 0.216 e. The van der Waals surface area contributed by atoms with Gasteiger partial charge in [-0.05, 0) is 44.0 Å². The van der Waals surface area contributed by atoms with E-state index in [9.17, 15) is 0 Å². The standard InChI is InChI=1S/C14H21BrN2O2/c1-4-18-14(19-5-2)13(16)17-9-11-8-12(15)7-6-10(11)3/h6-8,14H,4-5,9H2,1-3H3,(H2,16,17). The first-order chi connectivity index (χ1) is 9.08. The Hall–Kier alpha value is -0.910. The van der Waals surface area contributed by atoms with Crippen molar-refractivity contribution in [3.8, 4) is 0 Å². The largest absolute Gasteiger partial charge is 0.366 e. The zero-order chi connectivity index (χ0) is 14.3. The van der Waals surface area contributed by atoms with Gasteiger partial charge >= 0.3 is 0 Å². The molecule has 0 aliphatic carbocycles. The van der Waals surface area contributed by atoms with Gasteiger partial charge < -0.3 is 14.8 Å². The van der Waals surface area contributed by atoms with Crippen molar-refractivity contribution in [1.29, 1.82) is 5.41 Å². The topological polar surface area (TPSA) is 54.3 Å². The molecule has 0 unspecified atom stereocenters. The first-order valence-electron chi connectivity index (χ1n) is 6.39. The number of nitrogens with one attached hydrogen (secondary N) is 2. The molecule has 0 saturated carbocycles. The van der Waals surface area contributed by atoms with E-state index < -0.39 is 6.29 Å². The van der Waals surface area contributed by atoms with Crippen molar-refractivity contribution >= 4 is 21.8 Å². The summed E-state index contributed by atoms with van der Waals surface area (Å²) in [4.78, 5) is 0. The molecule has 1 rings (SSSR count). The fraction of sp³-hybridized carbons (Fsp3) is 0.500. The number of ether oxygens (including phenoxy) is 2. The van der Waals surface area contributed by atoms with Gasteiger partial charge in [0.05, 0.1) is 0 Å². The van der Waals surface area contributed by atoms with E-state index in [-0.39, 0.29) is 5.84 Å². The lowest BCUT2D eigenvalue weighted by molar-refractivity contribution is -0.0923. The third-order valence-corrected chi connectivity index (χ3v) is 3.15. The minimum absolute atomic E-state index is 0.253. The highest BCUT2D eigenvalue weighted by Gasteiger charge is 2.14. The summed E-state index contributed by atoms with van der Waals surface area (Å²) in [6.45, 7) is 7.45. The van der Waals surface area contributed by atoms with Gasteiger partial charge in [-0.25, -0.2) is 0 Å². The minimum Gasteiger partial charge on any atom is -0.366 e. The Morgan fingerprint density at radius 3 is 2.53 bits per heavy atom. The Labute approximate surface area is 123 Å². The summed E-state index contributed by atoms with van der Waals surface area (Å²) in [7, 11) is 0. The van der Waals surface area contributed by atoms with Crippen LogP contribution in [0, 0.1) is 12.3 Å². The number of benzene rings is 1. The van der Waals surface area contributed by atoms with Crippen LogP contribution in [0.5, 0.6) is 0 Å². The van der Waals surface area contributed by atoms with Crippen LogP contribution in [0.4, 0.5) is 0 Å². The van der Waals surface area contributed by atoms with E-state index in [1.807, 2.05) is 32.0 Å². The Kier molecular flexibility index (Phi) is 7.05. The molecule has 5 heteroatoms. The summed E-state index contributed by atoms with van der Waals surface area (Å²) in [5.74, 6) is 0.253. The molecule has 0 spiro atoms. The number of halogens is 1. The van der Waals surface area contributed by atoms with E-state index in [0.717, 1.165) is 10.0 Å². The van der Waals surface area contributed by atoms with E-state index in [1.165, 1.54) is 5.56 Å². The van der Waals surface area contributed by atoms with Gasteiger partial charge in [-0.2, -0.15) is 0 Å². The van der Waals surface area contributed by atoms with Gasteiger partial charge in [-0.15, -0.1) is 0 Å². The normalized spacial score (nSPS) is 10.8. The summed E-state index contributed by atoms with van der Waals surface area (Å²) in [6, 6.07) is 6.10. The lowest BCUT2D eigenvalue weighted by Crippen LogP contribution is -2.37. The predicted molar refractivity (Wildman–Crippen MR) is 80.5 cm³/mol. The molecule has 106 valence electrons.